The van der Waals surface area contributed by atoms with E-state index in [1.54, 1.807) is 18.3 Å². The van der Waals surface area contributed by atoms with Crippen molar-refractivity contribution in [1.82, 2.24) is 25.5 Å². The number of hydrogen-bond acceptors (Lipinski definition) is 9. The first kappa shape index (κ1) is 22.3. The minimum atomic E-state index is 0.163. The summed E-state index contributed by atoms with van der Waals surface area (Å²) in [6, 6.07) is 11.2. The van der Waals surface area contributed by atoms with Gasteiger partial charge in [0.25, 0.3) is 0 Å². The Morgan fingerprint density at radius 2 is 2.03 bits per heavy atom. The maximum absolute atomic E-state index is 10.2. The third kappa shape index (κ3) is 5.13. The number of nitrogen functional groups attached to an aromatic ring is 1. The first-order chi connectivity index (χ1) is 16.1. The fraction of sp³-hybridized carbons (Fsp3) is 0.333. The molecule has 4 N–H and O–H groups in total. The summed E-state index contributed by atoms with van der Waals surface area (Å²) in [5.74, 6) is 7.93. The zero-order valence-electron chi connectivity index (χ0n) is 18.9. The van der Waals surface area contributed by atoms with Gasteiger partial charge in [-0.3, -0.25) is 0 Å². The van der Waals surface area contributed by atoms with E-state index in [2.05, 4.69) is 54.0 Å². The van der Waals surface area contributed by atoms with Crippen molar-refractivity contribution < 1.29 is 5.11 Å². The van der Waals surface area contributed by atoms with Gasteiger partial charge in [0, 0.05) is 37.4 Å². The standard InChI is InChI=1S/C24H28N8O/c1-17-10-13-31(14-15-32(17)23-9-12-27-22(28-23)8-5-11-26-2)20-16-19(29-30-24(20)25)18-6-3-4-7-21(18)33/h3-4,6-7,9,12,16-17,26,33H,10-11,13-15H2,1-2H3,(H2,25,30)/t17-/m0/s1. The molecule has 0 radical (unpaired) electrons. The number of hydrogen-bond donors (Lipinski definition) is 3. The van der Waals surface area contributed by atoms with Gasteiger partial charge in [-0.15, -0.1) is 10.2 Å². The summed E-state index contributed by atoms with van der Waals surface area (Å²) < 4.78 is 0. The number of nitrogens with one attached hydrogen (secondary N) is 1. The van der Waals surface area contributed by atoms with Crippen LogP contribution in [0.5, 0.6) is 5.75 Å². The van der Waals surface area contributed by atoms with Crippen molar-refractivity contribution in [3.63, 3.8) is 0 Å². The second kappa shape index (κ2) is 10.1. The highest BCUT2D eigenvalue weighted by Crippen LogP contribution is 2.32. The summed E-state index contributed by atoms with van der Waals surface area (Å²) in [6.07, 6.45) is 2.67. The zero-order valence-corrected chi connectivity index (χ0v) is 18.9. The smallest absolute Gasteiger partial charge is 0.206 e. The van der Waals surface area contributed by atoms with Crippen molar-refractivity contribution in [2.45, 2.75) is 19.4 Å². The Morgan fingerprint density at radius 3 is 2.85 bits per heavy atom. The molecule has 0 bridgehead atoms. The largest absolute Gasteiger partial charge is 0.507 e. The molecule has 1 saturated heterocycles. The topological polar surface area (TPSA) is 116 Å². The number of aromatic nitrogens is 4. The van der Waals surface area contributed by atoms with Crippen LogP contribution in [0.25, 0.3) is 11.3 Å². The van der Waals surface area contributed by atoms with Gasteiger partial charge in [-0.1, -0.05) is 18.1 Å². The van der Waals surface area contributed by atoms with Gasteiger partial charge in [0.15, 0.2) is 5.82 Å². The highest BCUT2D eigenvalue weighted by atomic mass is 16.3. The van der Waals surface area contributed by atoms with Crippen molar-refractivity contribution in [2.75, 3.05) is 48.8 Å². The Hall–Kier alpha value is -3.90. The lowest BCUT2D eigenvalue weighted by Gasteiger charge is -2.28. The van der Waals surface area contributed by atoms with E-state index in [1.807, 2.05) is 31.3 Å². The van der Waals surface area contributed by atoms with Crippen molar-refractivity contribution in [1.29, 1.82) is 0 Å². The predicted octanol–water partition coefficient (Wildman–Crippen LogP) is 1.90. The molecule has 0 amide bonds. The second-order valence-electron chi connectivity index (χ2n) is 7.91. The van der Waals surface area contributed by atoms with Gasteiger partial charge in [-0.25, -0.2) is 9.97 Å². The lowest BCUT2D eigenvalue weighted by atomic mass is 10.1. The molecule has 4 rings (SSSR count). The molecule has 1 aliphatic heterocycles. The molecule has 33 heavy (non-hydrogen) atoms. The molecule has 1 atom stereocenters. The zero-order chi connectivity index (χ0) is 23.2. The normalized spacial score (nSPS) is 16.1. The molecule has 0 unspecified atom stereocenters. The van der Waals surface area contributed by atoms with Crippen molar-refractivity contribution in [2.24, 2.45) is 0 Å². The van der Waals surface area contributed by atoms with Crippen LogP contribution in [0.3, 0.4) is 0 Å². The molecule has 9 nitrogen and oxygen atoms in total. The van der Waals surface area contributed by atoms with E-state index in [0.29, 0.717) is 29.4 Å². The van der Waals surface area contributed by atoms with Crippen LogP contribution in [0.2, 0.25) is 0 Å². The van der Waals surface area contributed by atoms with Gasteiger partial charge in [0.1, 0.15) is 11.6 Å². The summed E-state index contributed by atoms with van der Waals surface area (Å²) in [5.41, 5.74) is 8.25. The minimum Gasteiger partial charge on any atom is -0.507 e. The number of nitrogens with zero attached hydrogens (tertiary/aromatic N) is 6. The molecule has 1 aromatic carbocycles. The quantitative estimate of drug-likeness (QED) is 0.519. The van der Waals surface area contributed by atoms with Crippen LogP contribution in [0.15, 0.2) is 42.6 Å². The Balaban J connectivity index is 1.56. The van der Waals surface area contributed by atoms with Crippen LogP contribution >= 0.6 is 0 Å². The lowest BCUT2D eigenvalue weighted by Crippen LogP contribution is -2.35. The van der Waals surface area contributed by atoms with Crippen LogP contribution in [0.1, 0.15) is 19.2 Å². The van der Waals surface area contributed by atoms with Gasteiger partial charge in [-0.05, 0) is 50.6 Å². The minimum absolute atomic E-state index is 0.163. The molecule has 0 spiro atoms. The summed E-state index contributed by atoms with van der Waals surface area (Å²) in [7, 11) is 1.85. The number of anilines is 3. The number of nitrogens with two attached hydrogens (primary N) is 1. The third-order valence-electron chi connectivity index (χ3n) is 5.68. The van der Waals surface area contributed by atoms with Crippen LogP contribution in [-0.4, -0.2) is 64.5 Å². The van der Waals surface area contributed by atoms with E-state index in [0.717, 1.165) is 37.6 Å². The molecule has 3 heterocycles. The number of para-hydroxylation sites is 1. The molecule has 0 aliphatic carbocycles. The second-order valence-corrected chi connectivity index (χ2v) is 7.91. The average molecular weight is 445 g/mol. The van der Waals surface area contributed by atoms with Gasteiger partial charge < -0.3 is 26.0 Å². The predicted molar refractivity (Wildman–Crippen MR) is 130 cm³/mol. The van der Waals surface area contributed by atoms with Crippen molar-refractivity contribution >= 4 is 17.3 Å². The van der Waals surface area contributed by atoms with E-state index < -0.39 is 0 Å². The maximum Gasteiger partial charge on any atom is 0.206 e. The van der Waals surface area contributed by atoms with E-state index in [4.69, 9.17) is 5.73 Å². The van der Waals surface area contributed by atoms with E-state index in [1.165, 1.54) is 0 Å². The Labute approximate surface area is 193 Å². The number of benzene rings is 1. The first-order valence-electron chi connectivity index (χ1n) is 11.0. The summed E-state index contributed by atoms with van der Waals surface area (Å²) in [4.78, 5) is 13.4. The Kier molecular flexibility index (Phi) is 6.86. The molecule has 1 fully saturated rings. The fourth-order valence-corrected chi connectivity index (χ4v) is 3.89. The van der Waals surface area contributed by atoms with Crippen LogP contribution in [0, 0.1) is 11.8 Å². The van der Waals surface area contributed by atoms with Crippen LogP contribution in [0.4, 0.5) is 17.3 Å². The summed E-state index contributed by atoms with van der Waals surface area (Å²) in [5, 5.41) is 21.6. The lowest BCUT2D eigenvalue weighted by molar-refractivity contribution is 0.477. The highest BCUT2D eigenvalue weighted by Gasteiger charge is 2.24. The third-order valence-corrected chi connectivity index (χ3v) is 5.68. The molecule has 0 saturated carbocycles. The Morgan fingerprint density at radius 1 is 1.18 bits per heavy atom. The van der Waals surface area contributed by atoms with E-state index in [-0.39, 0.29) is 11.8 Å². The summed E-state index contributed by atoms with van der Waals surface area (Å²) in [6.45, 7) is 5.10. The van der Waals surface area contributed by atoms with E-state index in [9.17, 15) is 5.11 Å². The Bertz CT molecular complexity index is 1170. The van der Waals surface area contributed by atoms with E-state index >= 15 is 0 Å². The summed E-state index contributed by atoms with van der Waals surface area (Å²) >= 11 is 0. The number of phenolic OH excluding ortho intramolecular Hbond substituents is 1. The van der Waals surface area contributed by atoms with Crippen molar-refractivity contribution in [3.8, 4) is 28.8 Å². The molecule has 1 aliphatic rings. The van der Waals surface area contributed by atoms with Gasteiger partial charge >= 0.3 is 0 Å². The molecule has 3 aromatic rings. The molecule has 170 valence electrons. The number of aromatic hydroxyl groups is 1. The number of rotatable bonds is 4. The van der Waals surface area contributed by atoms with Crippen LogP contribution < -0.4 is 20.9 Å². The average Bonchev–Trinajstić information content (AvgIpc) is 3.02. The monoisotopic (exact) mass is 444 g/mol. The fourth-order valence-electron chi connectivity index (χ4n) is 3.89. The molecular weight excluding hydrogens is 416 g/mol. The first-order valence-corrected chi connectivity index (χ1v) is 11.0. The van der Waals surface area contributed by atoms with Gasteiger partial charge in [0.2, 0.25) is 5.82 Å². The van der Waals surface area contributed by atoms with Gasteiger partial charge in [0.05, 0.1) is 17.9 Å². The van der Waals surface area contributed by atoms with Crippen molar-refractivity contribution in [3.05, 3.63) is 48.4 Å². The molecule has 9 heteroatoms. The van der Waals surface area contributed by atoms with Crippen LogP contribution in [-0.2, 0) is 0 Å². The SMILES string of the molecule is CNCC#Cc1nccc(N2CCN(c3cc(-c4ccccc4O)nnc3N)CC[C@@H]2C)n1. The molecule has 2 aromatic heterocycles. The number of phenols is 1. The van der Waals surface area contributed by atoms with Gasteiger partial charge in [-0.2, -0.15) is 0 Å². The maximum atomic E-state index is 10.2. The highest BCUT2D eigenvalue weighted by molar-refractivity contribution is 5.74. The molecular formula is C24H28N8O.